The molecule has 1 atom stereocenters. The summed E-state index contributed by atoms with van der Waals surface area (Å²) in [5.41, 5.74) is 0. The number of amides is 1. The largest absolute Gasteiger partial charge is 0.394 e. The van der Waals surface area contributed by atoms with Crippen molar-refractivity contribution in [3.05, 3.63) is 0 Å². The van der Waals surface area contributed by atoms with Crippen LogP contribution in [-0.4, -0.2) is 50.0 Å². The molecule has 0 bridgehead atoms. The number of hydrogen-bond acceptors (Lipinski definition) is 4. The zero-order valence-electron chi connectivity index (χ0n) is 9.00. The van der Waals surface area contributed by atoms with Crippen LogP contribution in [0.5, 0.6) is 0 Å². The second-order valence-electron chi connectivity index (χ2n) is 3.63. The first-order valence-corrected chi connectivity index (χ1v) is 5.54. The second kappa shape index (κ2) is 7.62. The van der Waals surface area contributed by atoms with Crippen LogP contribution in [0.3, 0.4) is 0 Å². The lowest BCUT2D eigenvalue weighted by molar-refractivity contribution is -0.122. The lowest BCUT2D eigenvalue weighted by Crippen LogP contribution is -2.43. The van der Waals surface area contributed by atoms with Gasteiger partial charge in [0.2, 0.25) is 5.91 Å². The van der Waals surface area contributed by atoms with Crippen LogP contribution in [0.4, 0.5) is 0 Å². The van der Waals surface area contributed by atoms with Crippen molar-refractivity contribution in [2.75, 3.05) is 32.9 Å². The maximum Gasteiger partial charge on any atom is 0.237 e. The van der Waals surface area contributed by atoms with Crippen molar-refractivity contribution < 1.29 is 14.6 Å². The molecule has 0 aromatic rings. The molecule has 1 aliphatic rings. The zero-order chi connectivity index (χ0) is 10.9. The SMILES string of the molecule is O=C1NCCCCC1NCCOCCO. The Bertz CT molecular complexity index is 188. The van der Waals surface area contributed by atoms with Crippen LogP contribution in [0.15, 0.2) is 0 Å². The van der Waals surface area contributed by atoms with Gasteiger partial charge in [0.15, 0.2) is 0 Å². The Morgan fingerprint density at radius 3 is 3.13 bits per heavy atom. The van der Waals surface area contributed by atoms with E-state index in [2.05, 4.69) is 10.6 Å². The molecule has 5 heteroatoms. The molecule has 1 aliphatic heterocycles. The molecule has 0 aliphatic carbocycles. The molecule has 0 spiro atoms. The lowest BCUT2D eigenvalue weighted by atomic mass is 10.1. The van der Waals surface area contributed by atoms with Gasteiger partial charge in [-0.1, -0.05) is 0 Å². The third-order valence-electron chi connectivity index (χ3n) is 2.41. The van der Waals surface area contributed by atoms with Crippen LogP contribution in [0.2, 0.25) is 0 Å². The minimum Gasteiger partial charge on any atom is -0.394 e. The molecule has 1 amide bonds. The number of aliphatic hydroxyl groups excluding tert-OH is 1. The third-order valence-corrected chi connectivity index (χ3v) is 2.41. The van der Waals surface area contributed by atoms with E-state index in [0.717, 1.165) is 25.8 Å². The molecule has 1 rings (SSSR count). The minimum absolute atomic E-state index is 0.0456. The fraction of sp³-hybridized carbons (Fsp3) is 0.900. The topological polar surface area (TPSA) is 70.6 Å². The molecule has 0 radical (unpaired) electrons. The number of carbonyl (C=O) groups is 1. The average Bonchev–Trinajstić information content (AvgIpc) is 2.44. The van der Waals surface area contributed by atoms with Crippen molar-refractivity contribution in [3.8, 4) is 0 Å². The number of hydrogen-bond donors (Lipinski definition) is 3. The van der Waals surface area contributed by atoms with Crippen molar-refractivity contribution in [1.82, 2.24) is 10.6 Å². The van der Waals surface area contributed by atoms with Gasteiger partial charge in [-0.05, 0) is 19.3 Å². The van der Waals surface area contributed by atoms with Crippen LogP contribution < -0.4 is 10.6 Å². The summed E-state index contributed by atoms with van der Waals surface area (Å²) in [5.74, 6) is 0.0923. The van der Waals surface area contributed by atoms with Crippen molar-refractivity contribution in [2.24, 2.45) is 0 Å². The Balaban J connectivity index is 2.10. The highest BCUT2D eigenvalue weighted by Gasteiger charge is 2.19. The number of rotatable bonds is 6. The van der Waals surface area contributed by atoms with Gasteiger partial charge in [0.1, 0.15) is 0 Å². The molecule has 0 aromatic carbocycles. The highest BCUT2D eigenvalue weighted by Crippen LogP contribution is 2.04. The van der Waals surface area contributed by atoms with Crippen molar-refractivity contribution in [1.29, 1.82) is 0 Å². The van der Waals surface area contributed by atoms with Crippen molar-refractivity contribution >= 4 is 5.91 Å². The van der Waals surface area contributed by atoms with E-state index in [1.165, 1.54) is 0 Å². The normalized spacial score (nSPS) is 22.2. The van der Waals surface area contributed by atoms with E-state index in [-0.39, 0.29) is 18.6 Å². The Kier molecular flexibility index (Phi) is 6.31. The highest BCUT2D eigenvalue weighted by atomic mass is 16.5. The summed E-state index contributed by atoms with van der Waals surface area (Å²) in [6.07, 6.45) is 3.03. The van der Waals surface area contributed by atoms with E-state index in [9.17, 15) is 4.79 Å². The predicted octanol–water partition coefficient (Wildman–Crippen LogP) is -0.746. The van der Waals surface area contributed by atoms with Gasteiger partial charge in [0.05, 0.1) is 25.9 Å². The van der Waals surface area contributed by atoms with Gasteiger partial charge >= 0.3 is 0 Å². The third kappa shape index (κ3) is 5.11. The molecular weight excluding hydrogens is 196 g/mol. The van der Waals surface area contributed by atoms with Crippen molar-refractivity contribution in [3.63, 3.8) is 0 Å². The summed E-state index contributed by atoms with van der Waals surface area (Å²) in [6.45, 7) is 2.38. The Morgan fingerprint density at radius 1 is 1.47 bits per heavy atom. The van der Waals surface area contributed by atoms with Crippen LogP contribution in [0, 0.1) is 0 Å². The van der Waals surface area contributed by atoms with Crippen molar-refractivity contribution in [2.45, 2.75) is 25.3 Å². The molecule has 3 N–H and O–H groups in total. The van der Waals surface area contributed by atoms with Gasteiger partial charge in [-0.3, -0.25) is 4.79 Å². The number of aliphatic hydroxyl groups is 1. The minimum atomic E-state index is -0.0785. The van der Waals surface area contributed by atoms with Gasteiger partial charge in [0.25, 0.3) is 0 Å². The van der Waals surface area contributed by atoms with Gasteiger partial charge in [-0.15, -0.1) is 0 Å². The summed E-state index contributed by atoms with van der Waals surface area (Å²) in [6, 6.07) is -0.0785. The first-order chi connectivity index (χ1) is 7.34. The first-order valence-electron chi connectivity index (χ1n) is 5.54. The Morgan fingerprint density at radius 2 is 2.33 bits per heavy atom. The summed E-state index contributed by atoms with van der Waals surface area (Å²) in [7, 11) is 0. The van der Waals surface area contributed by atoms with Gasteiger partial charge in [0, 0.05) is 13.1 Å². The molecule has 0 saturated carbocycles. The van der Waals surface area contributed by atoms with Crippen LogP contribution in [-0.2, 0) is 9.53 Å². The predicted molar refractivity (Wildman–Crippen MR) is 56.6 cm³/mol. The summed E-state index contributed by atoms with van der Waals surface area (Å²) in [4.78, 5) is 11.5. The second-order valence-corrected chi connectivity index (χ2v) is 3.63. The van der Waals surface area contributed by atoms with E-state index in [1.807, 2.05) is 0 Å². The molecule has 1 fully saturated rings. The molecule has 5 nitrogen and oxygen atoms in total. The summed E-state index contributed by atoms with van der Waals surface area (Å²) >= 11 is 0. The highest BCUT2D eigenvalue weighted by molar-refractivity contribution is 5.81. The van der Waals surface area contributed by atoms with Crippen LogP contribution >= 0.6 is 0 Å². The van der Waals surface area contributed by atoms with Crippen LogP contribution in [0.25, 0.3) is 0 Å². The zero-order valence-corrected chi connectivity index (χ0v) is 9.00. The maximum absolute atomic E-state index is 11.5. The molecule has 88 valence electrons. The summed E-state index contributed by atoms with van der Waals surface area (Å²) < 4.78 is 5.10. The molecular formula is C10H20N2O3. The lowest BCUT2D eigenvalue weighted by Gasteiger charge is -2.14. The Hall–Kier alpha value is -0.650. The molecule has 1 saturated heterocycles. The van der Waals surface area contributed by atoms with E-state index in [0.29, 0.717) is 19.8 Å². The number of nitrogens with one attached hydrogen (secondary N) is 2. The molecule has 15 heavy (non-hydrogen) atoms. The first kappa shape index (κ1) is 12.4. The Labute approximate surface area is 90.2 Å². The quantitative estimate of drug-likeness (QED) is 0.511. The molecule has 1 unspecified atom stereocenters. The molecule has 1 heterocycles. The van der Waals surface area contributed by atoms with Gasteiger partial charge < -0.3 is 20.5 Å². The van der Waals surface area contributed by atoms with Crippen LogP contribution in [0.1, 0.15) is 19.3 Å². The summed E-state index contributed by atoms with van der Waals surface area (Å²) in [5, 5.41) is 14.5. The number of carbonyl (C=O) groups excluding carboxylic acids is 1. The van der Waals surface area contributed by atoms with E-state index in [1.54, 1.807) is 0 Å². The smallest absolute Gasteiger partial charge is 0.237 e. The van der Waals surface area contributed by atoms with Gasteiger partial charge in [-0.2, -0.15) is 0 Å². The van der Waals surface area contributed by atoms with E-state index < -0.39 is 0 Å². The maximum atomic E-state index is 11.5. The monoisotopic (exact) mass is 216 g/mol. The molecule has 0 aromatic heterocycles. The standard InChI is InChI=1S/C10H20N2O3/c13-6-8-15-7-5-11-9-3-1-2-4-12-10(9)14/h9,11,13H,1-8H2,(H,12,14). The fourth-order valence-electron chi connectivity index (χ4n) is 1.61. The van der Waals surface area contributed by atoms with Gasteiger partial charge in [-0.25, -0.2) is 0 Å². The fourth-order valence-corrected chi connectivity index (χ4v) is 1.61. The van der Waals surface area contributed by atoms with E-state index in [4.69, 9.17) is 9.84 Å². The average molecular weight is 216 g/mol. The number of ether oxygens (including phenoxy) is 1. The van der Waals surface area contributed by atoms with E-state index >= 15 is 0 Å².